The first-order valence-corrected chi connectivity index (χ1v) is 7.83. The van der Waals surface area contributed by atoms with Crippen LogP contribution in [0.15, 0.2) is 0 Å². The van der Waals surface area contributed by atoms with E-state index in [0.717, 1.165) is 38.6 Å². The lowest BCUT2D eigenvalue weighted by molar-refractivity contribution is -0.0000398. The molecule has 1 atom stereocenters. The predicted octanol–water partition coefficient (Wildman–Crippen LogP) is 4.00. The molecule has 1 aliphatic rings. The summed E-state index contributed by atoms with van der Waals surface area (Å²) in [5.41, 5.74) is 0. The quantitative estimate of drug-likeness (QED) is 0.470. The SMILES string of the molecule is CCCCCCCCCOC(=O)OC1CCCC[N]1. The molecular formula is C15H28NO3. The van der Waals surface area contributed by atoms with Crippen LogP contribution in [0, 0.1) is 0 Å². The Hall–Kier alpha value is -0.770. The van der Waals surface area contributed by atoms with Gasteiger partial charge < -0.3 is 9.47 Å². The molecule has 0 aromatic carbocycles. The standard InChI is InChI=1S/C15H28NO3/c1-2-3-4-5-6-7-10-13-18-15(17)19-14-11-8-9-12-16-14/h14H,2-13H2,1H3. The van der Waals surface area contributed by atoms with E-state index in [2.05, 4.69) is 12.2 Å². The highest BCUT2D eigenvalue weighted by molar-refractivity contribution is 5.60. The van der Waals surface area contributed by atoms with Gasteiger partial charge in [0.2, 0.25) is 0 Å². The number of rotatable bonds is 9. The molecule has 0 spiro atoms. The molecule has 1 unspecified atom stereocenters. The van der Waals surface area contributed by atoms with Crippen molar-refractivity contribution in [2.24, 2.45) is 0 Å². The van der Waals surface area contributed by atoms with Crippen molar-refractivity contribution in [1.82, 2.24) is 5.32 Å². The molecule has 4 heteroatoms. The number of ether oxygens (including phenoxy) is 2. The van der Waals surface area contributed by atoms with E-state index in [0.29, 0.717) is 6.61 Å². The van der Waals surface area contributed by atoms with Crippen molar-refractivity contribution in [3.8, 4) is 0 Å². The van der Waals surface area contributed by atoms with Gasteiger partial charge in [0.05, 0.1) is 6.61 Å². The molecular weight excluding hydrogens is 242 g/mol. The predicted molar refractivity (Wildman–Crippen MR) is 75.1 cm³/mol. The number of nitrogens with zero attached hydrogens (tertiary/aromatic N) is 1. The largest absolute Gasteiger partial charge is 0.509 e. The molecule has 19 heavy (non-hydrogen) atoms. The molecule has 0 saturated carbocycles. The van der Waals surface area contributed by atoms with Gasteiger partial charge in [-0.1, -0.05) is 45.4 Å². The smallest absolute Gasteiger partial charge is 0.434 e. The maximum absolute atomic E-state index is 11.4. The van der Waals surface area contributed by atoms with E-state index in [1.807, 2.05) is 0 Å². The Kier molecular flexibility index (Phi) is 9.51. The highest BCUT2D eigenvalue weighted by Gasteiger charge is 2.18. The molecule has 1 saturated heterocycles. The van der Waals surface area contributed by atoms with Crippen molar-refractivity contribution in [2.45, 2.75) is 77.4 Å². The van der Waals surface area contributed by atoms with E-state index in [-0.39, 0.29) is 6.23 Å². The minimum atomic E-state index is -0.554. The number of piperidine rings is 1. The van der Waals surface area contributed by atoms with E-state index < -0.39 is 6.16 Å². The second kappa shape index (κ2) is 11.1. The molecule has 0 aromatic heterocycles. The van der Waals surface area contributed by atoms with Crippen LogP contribution >= 0.6 is 0 Å². The minimum absolute atomic E-state index is 0.268. The van der Waals surface area contributed by atoms with Crippen LogP contribution in [0.2, 0.25) is 0 Å². The average molecular weight is 270 g/mol. The first-order chi connectivity index (χ1) is 9.33. The van der Waals surface area contributed by atoms with Gasteiger partial charge in [-0.25, -0.2) is 10.1 Å². The first-order valence-electron chi connectivity index (χ1n) is 7.83. The fourth-order valence-electron chi connectivity index (χ4n) is 2.21. The summed E-state index contributed by atoms with van der Waals surface area (Å²) in [5.74, 6) is 0. The second-order valence-electron chi connectivity index (χ2n) is 5.19. The van der Waals surface area contributed by atoms with Gasteiger partial charge in [-0.15, -0.1) is 0 Å². The lowest BCUT2D eigenvalue weighted by Gasteiger charge is -2.21. The molecule has 4 nitrogen and oxygen atoms in total. The summed E-state index contributed by atoms with van der Waals surface area (Å²) in [4.78, 5) is 11.4. The Bertz CT molecular complexity index is 227. The fourth-order valence-corrected chi connectivity index (χ4v) is 2.21. The average Bonchev–Trinajstić information content (AvgIpc) is 2.43. The normalized spacial score (nSPS) is 19.1. The zero-order valence-electron chi connectivity index (χ0n) is 12.2. The molecule has 0 bridgehead atoms. The molecule has 1 aliphatic heterocycles. The van der Waals surface area contributed by atoms with Crippen LogP contribution in [-0.2, 0) is 9.47 Å². The molecule has 111 valence electrons. The van der Waals surface area contributed by atoms with E-state index >= 15 is 0 Å². The van der Waals surface area contributed by atoms with Crippen LogP contribution in [0.4, 0.5) is 4.79 Å². The summed E-state index contributed by atoms with van der Waals surface area (Å²) in [6.07, 6.45) is 10.7. The van der Waals surface area contributed by atoms with Crippen molar-refractivity contribution in [2.75, 3.05) is 13.2 Å². The van der Waals surface area contributed by atoms with Crippen molar-refractivity contribution in [3.63, 3.8) is 0 Å². The van der Waals surface area contributed by atoms with Gasteiger partial charge in [0.25, 0.3) is 0 Å². The number of carbonyl (C=O) groups excluding carboxylic acids is 1. The minimum Gasteiger partial charge on any atom is -0.434 e. The topological polar surface area (TPSA) is 49.6 Å². The Labute approximate surface area is 117 Å². The first kappa shape index (κ1) is 16.3. The molecule has 0 amide bonds. The molecule has 1 heterocycles. The number of unbranched alkanes of at least 4 members (excludes halogenated alkanes) is 6. The van der Waals surface area contributed by atoms with Gasteiger partial charge in [-0.05, 0) is 25.7 Å². The Morgan fingerprint density at radius 3 is 2.53 bits per heavy atom. The summed E-state index contributed by atoms with van der Waals surface area (Å²) in [6, 6.07) is 0. The monoisotopic (exact) mass is 270 g/mol. The molecule has 1 rings (SSSR count). The third-order valence-corrected chi connectivity index (χ3v) is 3.39. The summed E-state index contributed by atoms with van der Waals surface area (Å²) in [5, 5.41) is 4.23. The van der Waals surface area contributed by atoms with Gasteiger partial charge in [0.15, 0.2) is 6.23 Å². The molecule has 1 fully saturated rings. The summed E-state index contributed by atoms with van der Waals surface area (Å²) < 4.78 is 10.2. The zero-order chi connectivity index (χ0) is 13.8. The third kappa shape index (κ3) is 8.87. The maximum Gasteiger partial charge on any atom is 0.509 e. The van der Waals surface area contributed by atoms with Crippen LogP contribution < -0.4 is 5.32 Å². The van der Waals surface area contributed by atoms with Crippen molar-refractivity contribution < 1.29 is 14.3 Å². The van der Waals surface area contributed by atoms with Gasteiger partial charge >= 0.3 is 6.16 Å². The number of hydrogen-bond acceptors (Lipinski definition) is 3. The molecule has 0 N–H and O–H groups in total. The second-order valence-corrected chi connectivity index (χ2v) is 5.19. The van der Waals surface area contributed by atoms with E-state index in [9.17, 15) is 4.79 Å². The van der Waals surface area contributed by atoms with Crippen molar-refractivity contribution in [3.05, 3.63) is 0 Å². The Morgan fingerprint density at radius 2 is 1.84 bits per heavy atom. The van der Waals surface area contributed by atoms with Crippen molar-refractivity contribution in [1.29, 1.82) is 0 Å². The summed E-state index contributed by atoms with van der Waals surface area (Å²) >= 11 is 0. The number of carbonyl (C=O) groups is 1. The van der Waals surface area contributed by atoms with Gasteiger partial charge in [0.1, 0.15) is 0 Å². The van der Waals surface area contributed by atoms with Gasteiger partial charge in [0, 0.05) is 6.54 Å². The number of hydrogen-bond donors (Lipinski definition) is 0. The zero-order valence-corrected chi connectivity index (χ0v) is 12.2. The fraction of sp³-hybridized carbons (Fsp3) is 0.933. The van der Waals surface area contributed by atoms with Crippen LogP contribution in [0.1, 0.15) is 71.1 Å². The summed E-state index contributed by atoms with van der Waals surface area (Å²) in [6.45, 7) is 3.49. The van der Waals surface area contributed by atoms with Crippen molar-refractivity contribution >= 4 is 6.16 Å². The molecule has 0 aromatic rings. The van der Waals surface area contributed by atoms with Crippen LogP contribution in [0.3, 0.4) is 0 Å². The van der Waals surface area contributed by atoms with Gasteiger partial charge in [-0.3, -0.25) is 0 Å². The lowest BCUT2D eigenvalue weighted by atomic mass is 10.1. The Morgan fingerprint density at radius 1 is 1.11 bits per heavy atom. The van der Waals surface area contributed by atoms with Crippen LogP contribution in [-0.4, -0.2) is 25.5 Å². The maximum atomic E-state index is 11.4. The van der Waals surface area contributed by atoms with E-state index in [1.165, 1.54) is 32.1 Å². The van der Waals surface area contributed by atoms with Gasteiger partial charge in [-0.2, -0.15) is 0 Å². The third-order valence-electron chi connectivity index (χ3n) is 3.39. The highest BCUT2D eigenvalue weighted by atomic mass is 16.7. The van der Waals surface area contributed by atoms with E-state index in [4.69, 9.17) is 9.47 Å². The highest BCUT2D eigenvalue weighted by Crippen LogP contribution is 2.11. The Balaban J connectivity index is 1.87. The van der Waals surface area contributed by atoms with Crippen LogP contribution in [0.5, 0.6) is 0 Å². The molecule has 0 aliphatic carbocycles. The lowest BCUT2D eigenvalue weighted by Crippen LogP contribution is -2.32. The van der Waals surface area contributed by atoms with Crippen LogP contribution in [0.25, 0.3) is 0 Å². The summed E-state index contributed by atoms with van der Waals surface area (Å²) in [7, 11) is 0. The molecule has 1 radical (unpaired) electrons. The van der Waals surface area contributed by atoms with E-state index in [1.54, 1.807) is 0 Å².